The molecule has 4 heterocycles. The molecular weight excluding hydrogens is 704 g/mol. The van der Waals surface area contributed by atoms with Crippen molar-refractivity contribution in [3.8, 4) is 0 Å². The molecule has 24 atom stereocenters. The van der Waals surface area contributed by atoms with Gasteiger partial charge in [0.1, 0.15) is 61.0 Å². The summed E-state index contributed by atoms with van der Waals surface area (Å²) in [5, 5.41) is 137. The zero-order valence-corrected chi connectivity index (χ0v) is 28.5. The number of fused-ring (bicyclic) bond motifs is 1. The quantitative estimate of drug-likeness (QED) is 0.109. The summed E-state index contributed by atoms with van der Waals surface area (Å²) in [6.07, 6.45) is -31.0. The van der Waals surface area contributed by atoms with Gasteiger partial charge in [-0.3, -0.25) is 0 Å². The van der Waals surface area contributed by atoms with Gasteiger partial charge in [-0.25, -0.2) is 0 Å². The van der Waals surface area contributed by atoms with Crippen LogP contribution in [-0.4, -0.2) is 208 Å². The molecule has 52 heavy (non-hydrogen) atoms. The SMILES string of the molecule is C[C@@H]1O[C@H](O[C@H]2O[C@@H](OC3CC4C(O)CC(O)CC4OC3C3CCC(O)C(O)C3)[C@H](O[C@@H]3O[C@H](CO)[C@@H](O)[C@H](O)[C@H]3O)[C@@H](O)[C@@H]2O)[C@H](O)[C@H](O)[C@H]1O. The summed E-state index contributed by atoms with van der Waals surface area (Å²) in [5.41, 5.74) is 0. The maximum atomic E-state index is 11.5. The number of hydrogen-bond donors (Lipinski definition) is 13. The summed E-state index contributed by atoms with van der Waals surface area (Å²) < 4.78 is 41.5. The second kappa shape index (κ2) is 16.7. The Labute approximate surface area is 298 Å². The number of rotatable bonds is 8. The summed E-state index contributed by atoms with van der Waals surface area (Å²) in [6, 6.07) is 0. The molecular formula is C32H54O20. The molecule has 6 fully saturated rings. The molecule has 0 aromatic carbocycles. The molecule has 2 saturated carbocycles. The van der Waals surface area contributed by atoms with Crippen molar-refractivity contribution in [2.24, 2.45) is 11.8 Å². The number of aliphatic hydroxyl groups is 13. The van der Waals surface area contributed by atoms with Gasteiger partial charge >= 0.3 is 0 Å². The lowest BCUT2D eigenvalue weighted by Crippen LogP contribution is -2.66. The van der Waals surface area contributed by atoms with E-state index >= 15 is 0 Å². The third-order valence-corrected chi connectivity index (χ3v) is 11.5. The van der Waals surface area contributed by atoms with Crippen molar-refractivity contribution in [2.75, 3.05) is 6.61 Å². The average molecular weight is 759 g/mol. The fourth-order valence-electron chi connectivity index (χ4n) is 8.34. The summed E-state index contributed by atoms with van der Waals surface area (Å²) >= 11 is 0. The fourth-order valence-corrected chi connectivity index (χ4v) is 8.34. The topological polar surface area (TPSA) is 328 Å². The summed E-state index contributed by atoms with van der Waals surface area (Å²) in [7, 11) is 0. The van der Waals surface area contributed by atoms with E-state index in [1.54, 1.807) is 0 Å². The Morgan fingerprint density at radius 1 is 0.519 bits per heavy atom. The van der Waals surface area contributed by atoms with Gasteiger partial charge in [0, 0.05) is 5.92 Å². The fraction of sp³-hybridized carbons (Fsp3) is 1.00. The molecule has 6 rings (SSSR count). The third kappa shape index (κ3) is 8.18. The van der Waals surface area contributed by atoms with Gasteiger partial charge in [-0.1, -0.05) is 0 Å². The molecule has 2 aliphatic carbocycles. The van der Waals surface area contributed by atoms with Crippen LogP contribution in [0.5, 0.6) is 0 Å². The van der Waals surface area contributed by atoms with Crippen molar-refractivity contribution < 1.29 is 99.5 Å². The molecule has 6 aliphatic rings. The van der Waals surface area contributed by atoms with Crippen LogP contribution in [0.3, 0.4) is 0 Å². The van der Waals surface area contributed by atoms with Crippen LogP contribution in [0.2, 0.25) is 0 Å². The maximum Gasteiger partial charge on any atom is 0.192 e. The van der Waals surface area contributed by atoms with E-state index in [-0.39, 0.29) is 32.1 Å². The van der Waals surface area contributed by atoms with Crippen molar-refractivity contribution in [2.45, 2.75) is 180 Å². The minimum atomic E-state index is -2.00. The number of hydrogen-bond acceptors (Lipinski definition) is 20. The van der Waals surface area contributed by atoms with E-state index in [1.165, 1.54) is 6.92 Å². The van der Waals surface area contributed by atoms with E-state index in [4.69, 9.17) is 33.2 Å². The van der Waals surface area contributed by atoms with Gasteiger partial charge in [-0.05, 0) is 51.4 Å². The Bertz CT molecular complexity index is 1150. The molecule has 302 valence electrons. The Kier molecular flexibility index (Phi) is 13.2. The first-order valence-corrected chi connectivity index (χ1v) is 17.9. The summed E-state index contributed by atoms with van der Waals surface area (Å²) in [6.45, 7) is 0.605. The highest BCUT2D eigenvalue weighted by atomic mass is 16.8. The lowest BCUT2D eigenvalue weighted by atomic mass is 9.72. The first-order chi connectivity index (χ1) is 24.6. The van der Waals surface area contributed by atoms with Gasteiger partial charge in [0.05, 0.1) is 55.4 Å². The van der Waals surface area contributed by atoms with Crippen LogP contribution in [0.1, 0.15) is 45.4 Å². The van der Waals surface area contributed by atoms with Crippen LogP contribution in [0.4, 0.5) is 0 Å². The van der Waals surface area contributed by atoms with Crippen LogP contribution >= 0.6 is 0 Å². The average Bonchev–Trinajstić information content (AvgIpc) is 3.11. The molecule has 20 heteroatoms. The van der Waals surface area contributed by atoms with Crippen molar-refractivity contribution in [3.63, 3.8) is 0 Å². The second-order valence-corrected chi connectivity index (χ2v) is 15.1. The Balaban J connectivity index is 1.29. The standard InChI is InChI=1S/C32H54O20/c1-9-19(38)21(40)24(43)29(46-9)51-31-26(45)23(42)28(50-30-25(44)22(41)20(39)18(8-33)49-30)32(52-31)48-17-7-12-14(36)5-11(34)6-16(12)47-27(17)10-2-3-13(35)15(37)4-10/h9-45H,2-8H2,1H3/t9-,10?,11?,12?,13?,14?,15?,16?,17?,18+,19-,20+,21+,22-,23-,24+,25+,26-,27?,28+,29+,30-,31-,32+/m0/s1. The highest BCUT2D eigenvalue weighted by Crippen LogP contribution is 2.44. The van der Waals surface area contributed by atoms with Crippen molar-refractivity contribution >= 4 is 0 Å². The number of ether oxygens (including phenoxy) is 7. The van der Waals surface area contributed by atoms with E-state index < -0.39 is 153 Å². The van der Waals surface area contributed by atoms with E-state index in [9.17, 15) is 66.4 Å². The predicted octanol–water partition coefficient (Wildman–Crippen LogP) is -6.38. The molecule has 4 aliphatic heterocycles. The molecule has 0 amide bonds. The monoisotopic (exact) mass is 758 g/mol. The molecule has 0 radical (unpaired) electrons. The first-order valence-electron chi connectivity index (χ1n) is 17.9. The molecule has 13 N–H and O–H groups in total. The van der Waals surface area contributed by atoms with Crippen molar-refractivity contribution in [3.05, 3.63) is 0 Å². The lowest BCUT2D eigenvalue weighted by Gasteiger charge is -2.52. The Morgan fingerprint density at radius 3 is 1.83 bits per heavy atom. The molecule has 0 aromatic heterocycles. The van der Waals surface area contributed by atoms with E-state index in [0.29, 0.717) is 6.42 Å². The second-order valence-electron chi connectivity index (χ2n) is 15.1. The van der Waals surface area contributed by atoms with E-state index in [1.807, 2.05) is 0 Å². The zero-order chi connectivity index (χ0) is 37.8. The molecule has 9 unspecified atom stereocenters. The van der Waals surface area contributed by atoms with Gasteiger partial charge in [-0.15, -0.1) is 0 Å². The minimum Gasteiger partial charge on any atom is -0.394 e. The van der Waals surface area contributed by atoms with Gasteiger partial charge in [0.2, 0.25) is 0 Å². The molecule has 20 nitrogen and oxygen atoms in total. The molecule has 0 aromatic rings. The molecule has 4 saturated heterocycles. The van der Waals surface area contributed by atoms with Crippen LogP contribution in [0.25, 0.3) is 0 Å². The third-order valence-electron chi connectivity index (χ3n) is 11.5. The number of aliphatic hydroxyl groups excluding tert-OH is 13. The maximum absolute atomic E-state index is 11.5. The smallest absolute Gasteiger partial charge is 0.192 e. The van der Waals surface area contributed by atoms with Gasteiger partial charge < -0.3 is 99.5 Å². The van der Waals surface area contributed by atoms with Crippen LogP contribution in [-0.2, 0) is 33.2 Å². The normalized spacial score (nSPS) is 56.2. The molecule has 0 spiro atoms. The minimum absolute atomic E-state index is 0.0720. The highest BCUT2D eigenvalue weighted by molar-refractivity contribution is 5.00. The Morgan fingerprint density at radius 2 is 1.15 bits per heavy atom. The highest BCUT2D eigenvalue weighted by Gasteiger charge is 2.56. The molecule has 0 bridgehead atoms. The lowest BCUT2D eigenvalue weighted by molar-refractivity contribution is -0.422. The van der Waals surface area contributed by atoms with Gasteiger partial charge in [0.25, 0.3) is 0 Å². The Hall–Kier alpha value is -0.800. The van der Waals surface area contributed by atoms with Gasteiger partial charge in [0.15, 0.2) is 25.2 Å². The van der Waals surface area contributed by atoms with Crippen LogP contribution in [0.15, 0.2) is 0 Å². The predicted molar refractivity (Wildman–Crippen MR) is 165 cm³/mol. The summed E-state index contributed by atoms with van der Waals surface area (Å²) in [5.74, 6) is -0.948. The largest absolute Gasteiger partial charge is 0.394 e. The summed E-state index contributed by atoms with van der Waals surface area (Å²) in [4.78, 5) is 0. The van der Waals surface area contributed by atoms with Crippen LogP contribution < -0.4 is 0 Å². The van der Waals surface area contributed by atoms with Crippen molar-refractivity contribution in [1.29, 1.82) is 0 Å². The van der Waals surface area contributed by atoms with Crippen molar-refractivity contribution in [1.82, 2.24) is 0 Å². The van der Waals surface area contributed by atoms with Gasteiger partial charge in [-0.2, -0.15) is 0 Å². The van der Waals surface area contributed by atoms with E-state index in [2.05, 4.69) is 0 Å². The zero-order valence-electron chi connectivity index (χ0n) is 28.5. The first kappa shape index (κ1) is 40.9. The van der Waals surface area contributed by atoms with E-state index in [0.717, 1.165) is 0 Å². The van der Waals surface area contributed by atoms with Crippen LogP contribution in [0, 0.1) is 11.8 Å².